The first-order chi connectivity index (χ1) is 17.7. The molecule has 1 saturated heterocycles. The molecule has 184 valence electrons. The van der Waals surface area contributed by atoms with E-state index >= 15 is 0 Å². The van der Waals surface area contributed by atoms with Crippen LogP contribution >= 0.6 is 0 Å². The first kappa shape index (κ1) is 22.7. The smallest absolute Gasteiger partial charge is 0.317 e. The third-order valence-electron chi connectivity index (χ3n) is 7.67. The lowest BCUT2D eigenvalue weighted by Crippen LogP contribution is -2.49. The van der Waals surface area contributed by atoms with Crippen molar-refractivity contribution in [3.8, 4) is 17.0 Å². The van der Waals surface area contributed by atoms with Gasteiger partial charge in [-0.3, -0.25) is 0 Å². The lowest BCUT2D eigenvalue weighted by atomic mass is 9.88. The number of likely N-dealkylation sites (tertiary alicyclic amines) is 1. The number of hydrogen-bond acceptors (Lipinski definition) is 3. The fourth-order valence-electron chi connectivity index (χ4n) is 5.79. The molecule has 2 amide bonds. The summed E-state index contributed by atoms with van der Waals surface area (Å²) in [5.74, 6) is 2.02. The normalized spacial score (nSPS) is 19.6. The van der Waals surface area contributed by atoms with Crippen molar-refractivity contribution < 1.29 is 9.53 Å². The molecule has 2 aliphatic rings. The Morgan fingerprint density at radius 3 is 2.78 bits per heavy atom. The summed E-state index contributed by atoms with van der Waals surface area (Å²) in [5.41, 5.74) is 5.83. The lowest BCUT2D eigenvalue weighted by Gasteiger charge is -2.34. The van der Waals surface area contributed by atoms with Gasteiger partial charge in [-0.2, -0.15) is 0 Å². The summed E-state index contributed by atoms with van der Waals surface area (Å²) in [6.07, 6.45) is 7.01. The lowest BCUT2D eigenvalue weighted by molar-refractivity contribution is 0.173. The van der Waals surface area contributed by atoms with E-state index in [1.165, 1.54) is 11.1 Å². The van der Waals surface area contributed by atoms with Gasteiger partial charge in [-0.25, -0.2) is 9.78 Å². The molecule has 1 fully saturated rings. The number of methoxy groups -OCH3 is 1. The number of aryl methyl sites for hydroxylation is 1. The largest absolute Gasteiger partial charge is 0.497 e. The van der Waals surface area contributed by atoms with Crippen LogP contribution in [0.3, 0.4) is 0 Å². The van der Waals surface area contributed by atoms with Gasteiger partial charge in [0.25, 0.3) is 0 Å². The van der Waals surface area contributed by atoms with Gasteiger partial charge in [-0.1, -0.05) is 42.5 Å². The highest BCUT2D eigenvalue weighted by atomic mass is 16.5. The van der Waals surface area contributed by atoms with Crippen molar-refractivity contribution in [1.82, 2.24) is 19.6 Å². The number of urea groups is 1. The van der Waals surface area contributed by atoms with Gasteiger partial charge in [-0.05, 0) is 67.5 Å². The summed E-state index contributed by atoms with van der Waals surface area (Å²) in [7, 11) is 1.68. The molecule has 6 rings (SSSR count). The molecule has 2 aromatic heterocycles. The molecular formula is C30H32N4O2. The monoisotopic (exact) mass is 480 g/mol. The maximum absolute atomic E-state index is 13.3. The first-order valence-corrected chi connectivity index (χ1v) is 12.9. The minimum Gasteiger partial charge on any atom is -0.497 e. The number of aromatic nitrogens is 2. The molecule has 1 aliphatic heterocycles. The summed E-state index contributed by atoms with van der Waals surface area (Å²) >= 11 is 0. The number of nitrogens with zero attached hydrogens (tertiary/aromatic N) is 3. The van der Waals surface area contributed by atoms with E-state index in [-0.39, 0.29) is 18.0 Å². The van der Waals surface area contributed by atoms with Crippen molar-refractivity contribution >= 4 is 11.5 Å². The molecule has 36 heavy (non-hydrogen) atoms. The number of carbonyl (C=O) groups excluding carboxylic acids is 1. The zero-order valence-electron chi connectivity index (χ0n) is 20.7. The Morgan fingerprint density at radius 1 is 1.03 bits per heavy atom. The van der Waals surface area contributed by atoms with Gasteiger partial charge >= 0.3 is 6.03 Å². The van der Waals surface area contributed by atoms with Crippen LogP contribution in [0.15, 0.2) is 72.9 Å². The van der Waals surface area contributed by atoms with Gasteiger partial charge < -0.3 is 19.4 Å². The second-order valence-electron chi connectivity index (χ2n) is 9.95. The van der Waals surface area contributed by atoms with Crippen molar-refractivity contribution in [2.75, 3.05) is 20.2 Å². The summed E-state index contributed by atoms with van der Waals surface area (Å²) in [6, 6.07) is 23.1. The third kappa shape index (κ3) is 4.32. The molecule has 0 radical (unpaired) electrons. The van der Waals surface area contributed by atoms with E-state index in [0.29, 0.717) is 6.54 Å². The average molecular weight is 481 g/mol. The van der Waals surface area contributed by atoms with Crippen LogP contribution in [0.25, 0.3) is 16.8 Å². The van der Waals surface area contributed by atoms with E-state index in [0.717, 1.165) is 67.0 Å². The van der Waals surface area contributed by atoms with Crippen molar-refractivity contribution in [3.05, 3.63) is 89.9 Å². The molecule has 0 bridgehead atoms. The van der Waals surface area contributed by atoms with Crippen LogP contribution < -0.4 is 10.1 Å². The van der Waals surface area contributed by atoms with E-state index in [2.05, 4.69) is 52.3 Å². The molecule has 6 nitrogen and oxygen atoms in total. The van der Waals surface area contributed by atoms with E-state index < -0.39 is 0 Å². The molecule has 4 aromatic rings. The maximum atomic E-state index is 13.3. The van der Waals surface area contributed by atoms with Crippen molar-refractivity contribution in [1.29, 1.82) is 0 Å². The van der Waals surface area contributed by atoms with Crippen LogP contribution in [0.4, 0.5) is 4.79 Å². The fraction of sp³-hybridized carbons (Fsp3) is 0.333. The number of fused-ring (bicyclic) bond motifs is 2. The Hall–Kier alpha value is -3.80. The van der Waals surface area contributed by atoms with Crippen LogP contribution in [0.1, 0.15) is 42.1 Å². The van der Waals surface area contributed by atoms with Crippen LogP contribution in [-0.4, -0.2) is 46.6 Å². The van der Waals surface area contributed by atoms with E-state index in [9.17, 15) is 4.79 Å². The zero-order chi connectivity index (χ0) is 24.5. The number of ether oxygens (including phenoxy) is 1. The molecular weight excluding hydrogens is 448 g/mol. The summed E-state index contributed by atoms with van der Waals surface area (Å²) in [4.78, 5) is 20.4. The number of hydrogen-bond donors (Lipinski definition) is 1. The quantitative estimate of drug-likeness (QED) is 0.422. The number of pyridine rings is 1. The Labute approximate surface area is 211 Å². The molecule has 3 heterocycles. The molecule has 2 aromatic carbocycles. The number of imidazole rings is 1. The number of nitrogens with one attached hydrogen (secondary N) is 1. The third-order valence-corrected chi connectivity index (χ3v) is 7.67. The standard InChI is InChI=1S/C30H32N4O2/c1-36-26-12-6-10-23(19-26)28-27-13-4-5-17-34(27)29(32-28)24-11-7-16-33(20-24)30(35)31-25-15-14-21-8-2-3-9-22(21)18-25/h2-6,8-10,12-13,17,19,24-25H,7,11,14-16,18,20H2,1H3,(H,31,35)/t24-,25?/m1/s1. The Balaban J connectivity index is 1.22. The van der Waals surface area contributed by atoms with Gasteiger partial charge in [0.05, 0.1) is 18.3 Å². The van der Waals surface area contributed by atoms with Gasteiger partial charge in [0.15, 0.2) is 0 Å². The van der Waals surface area contributed by atoms with Crippen molar-refractivity contribution in [2.24, 2.45) is 0 Å². The highest BCUT2D eigenvalue weighted by Gasteiger charge is 2.30. The average Bonchev–Trinajstić information content (AvgIpc) is 3.33. The molecule has 1 aliphatic carbocycles. The maximum Gasteiger partial charge on any atom is 0.317 e. The Bertz CT molecular complexity index is 1390. The predicted octanol–water partition coefficient (Wildman–Crippen LogP) is 5.46. The van der Waals surface area contributed by atoms with Crippen LogP contribution in [0.5, 0.6) is 5.75 Å². The van der Waals surface area contributed by atoms with E-state index in [1.807, 2.05) is 35.2 Å². The summed E-state index contributed by atoms with van der Waals surface area (Å²) in [5, 5.41) is 3.33. The number of amides is 2. The molecule has 6 heteroatoms. The molecule has 0 spiro atoms. The Morgan fingerprint density at radius 2 is 1.89 bits per heavy atom. The van der Waals surface area contributed by atoms with Crippen LogP contribution in [0, 0.1) is 0 Å². The molecule has 0 saturated carbocycles. The van der Waals surface area contributed by atoms with Crippen LogP contribution in [-0.2, 0) is 12.8 Å². The van der Waals surface area contributed by atoms with Crippen LogP contribution in [0.2, 0.25) is 0 Å². The van der Waals surface area contributed by atoms with Gasteiger partial charge in [0.2, 0.25) is 0 Å². The number of carbonyl (C=O) groups is 1. The number of piperidine rings is 1. The van der Waals surface area contributed by atoms with Crippen molar-refractivity contribution in [2.45, 2.75) is 44.1 Å². The van der Waals surface area contributed by atoms with Gasteiger partial charge in [0.1, 0.15) is 11.6 Å². The summed E-state index contributed by atoms with van der Waals surface area (Å²) in [6.45, 7) is 1.47. The number of benzene rings is 2. The Kier molecular flexibility index (Phi) is 6.09. The van der Waals surface area contributed by atoms with Crippen molar-refractivity contribution in [3.63, 3.8) is 0 Å². The van der Waals surface area contributed by atoms with E-state index in [4.69, 9.17) is 9.72 Å². The highest BCUT2D eigenvalue weighted by Crippen LogP contribution is 2.33. The van der Waals surface area contributed by atoms with Gasteiger partial charge in [-0.15, -0.1) is 0 Å². The second-order valence-corrected chi connectivity index (χ2v) is 9.95. The molecule has 1 N–H and O–H groups in total. The minimum absolute atomic E-state index is 0.0537. The molecule has 2 atom stereocenters. The minimum atomic E-state index is 0.0537. The SMILES string of the molecule is COc1cccc(-c2nc([C@@H]3CCCN(C(=O)NC4CCc5ccccc5C4)C3)n3ccccc23)c1. The highest BCUT2D eigenvalue weighted by molar-refractivity contribution is 5.79. The summed E-state index contributed by atoms with van der Waals surface area (Å²) < 4.78 is 7.64. The predicted molar refractivity (Wildman–Crippen MR) is 142 cm³/mol. The number of rotatable bonds is 4. The molecule has 1 unspecified atom stereocenters. The second kappa shape index (κ2) is 9.69. The van der Waals surface area contributed by atoms with E-state index in [1.54, 1.807) is 7.11 Å². The zero-order valence-corrected chi connectivity index (χ0v) is 20.7. The first-order valence-electron chi connectivity index (χ1n) is 12.9. The van der Waals surface area contributed by atoms with Gasteiger partial charge in [0, 0.05) is 36.8 Å². The topological polar surface area (TPSA) is 58.9 Å². The fourth-order valence-corrected chi connectivity index (χ4v) is 5.79.